The maximum Gasteiger partial charge on any atom is 0.416 e. The van der Waals surface area contributed by atoms with Gasteiger partial charge in [-0.3, -0.25) is 5.41 Å². The SMILES string of the molecule is Cl.N=C(N)c1c(OCCCN2CCCCC2)ccnc1OC(=O)c1cccc(C(F)(F)F)c1. The molecule has 0 aliphatic carbocycles. The van der Waals surface area contributed by atoms with Crippen LogP contribution in [0.5, 0.6) is 11.6 Å². The molecule has 7 nitrogen and oxygen atoms in total. The number of nitrogen functional groups attached to an aromatic ring is 1. The number of aromatic nitrogens is 1. The summed E-state index contributed by atoms with van der Waals surface area (Å²) in [7, 11) is 0. The molecule has 2 aromatic rings. The minimum Gasteiger partial charge on any atom is -0.493 e. The molecule has 0 spiro atoms. The van der Waals surface area contributed by atoms with E-state index >= 15 is 0 Å². The molecule has 1 aromatic heterocycles. The molecule has 0 radical (unpaired) electrons. The van der Waals surface area contributed by atoms with E-state index in [1.165, 1.54) is 37.6 Å². The predicted molar refractivity (Wildman–Crippen MR) is 119 cm³/mol. The maximum atomic E-state index is 12.9. The monoisotopic (exact) mass is 486 g/mol. The number of benzene rings is 1. The Morgan fingerprint density at radius 2 is 1.91 bits per heavy atom. The molecular formula is C22H26ClF3N4O3. The van der Waals surface area contributed by atoms with Crippen molar-refractivity contribution in [3.8, 4) is 11.6 Å². The Balaban J connectivity index is 0.00000385. The van der Waals surface area contributed by atoms with Crippen molar-refractivity contribution in [2.45, 2.75) is 31.9 Å². The summed E-state index contributed by atoms with van der Waals surface area (Å²) >= 11 is 0. The Kier molecular flexibility index (Phi) is 9.48. The van der Waals surface area contributed by atoms with Crippen molar-refractivity contribution in [1.82, 2.24) is 9.88 Å². The first-order valence-corrected chi connectivity index (χ1v) is 10.3. The summed E-state index contributed by atoms with van der Waals surface area (Å²) in [5.74, 6) is -1.56. The molecule has 3 rings (SSSR count). The fourth-order valence-electron chi connectivity index (χ4n) is 3.49. The number of alkyl halides is 3. The van der Waals surface area contributed by atoms with E-state index in [0.717, 1.165) is 38.2 Å². The summed E-state index contributed by atoms with van der Waals surface area (Å²) < 4.78 is 49.7. The van der Waals surface area contributed by atoms with Gasteiger partial charge in [-0.1, -0.05) is 12.5 Å². The highest BCUT2D eigenvalue weighted by atomic mass is 35.5. The molecule has 0 bridgehead atoms. The van der Waals surface area contributed by atoms with E-state index < -0.39 is 23.5 Å². The molecule has 1 fully saturated rings. The van der Waals surface area contributed by atoms with Crippen LogP contribution in [-0.2, 0) is 6.18 Å². The number of carbonyl (C=O) groups excluding carboxylic acids is 1. The minimum atomic E-state index is -4.60. The summed E-state index contributed by atoms with van der Waals surface area (Å²) in [6.07, 6.45) is 1.13. The van der Waals surface area contributed by atoms with Crippen LogP contribution in [0, 0.1) is 5.41 Å². The summed E-state index contributed by atoms with van der Waals surface area (Å²) in [6, 6.07) is 5.36. The Morgan fingerprint density at radius 3 is 2.58 bits per heavy atom. The van der Waals surface area contributed by atoms with E-state index in [1.54, 1.807) is 0 Å². The molecule has 0 amide bonds. The molecule has 0 saturated carbocycles. The van der Waals surface area contributed by atoms with Crippen molar-refractivity contribution in [2.24, 2.45) is 5.73 Å². The third kappa shape index (κ3) is 7.33. The van der Waals surface area contributed by atoms with Crippen LogP contribution >= 0.6 is 12.4 Å². The highest BCUT2D eigenvalue weighted by Crippen LogP contribution is 2.30. The van der Waals surface area contributed by atoms with Gasteiger partial charge in [-0.05, 0) is 56.6 Å². The van der Waals surface area contributed by atoms with Crippen molar-refractivity contribution >= 4 is 24.2 Å². The van der Waals surface area contributed by atoms with Gasteiger partial charge in [-0.15, -0.1) is 12.4 Å². The van der Waals surface area contributed by atoms with Gasteiger partial charge in [0.1, 0.15) is 17.1 Å². The zero-order valence-corrected chi connectivity index (χ0v) is 18.7. The second-order valence-electron chi connectivity index (χ2n) is 7.48. The molecule has 33 heavy (non-hydrogen) atoms. The minimum absolute atomic E-state index is 0. The number of esters is 1. The van der Waals surface area contributed by atoms with Gasteiger partial charge in [-0.2, -0.15) is 13.2 Å². The molecule has 3 N–H and O–H groups in total. The lowest BCUT2D eigenvalue weighted by atomic mass is 10.1. The van der Waals surface area contributed by atoms with Crippen molar-refractivity contribution in [3.05, 3.63) is 53.2 Å². The number of piperidine rings is 1. The number of amidine groups is 1. The van der Waals surface area contributed by atoms with Gasteiger partial charge >= 0.3 is 12.1 Å². The molecule has 1 saturated heterocycles. The first kappa shape index (κ1) is 26.4. The topological polar surface area (TPSA) is 102 Å². The van der Waals surface area contributed by atoms with Crippen LogP contribution in [0.4, 0.5) is 13.2 Å². The first-order chi connectivity index (χ1) is 15.3. The van der Waals surface area contributed by atoms with Crippen LogP contribution in [0.3, 0.4) is 0 Å². The standard InChI is InChI=1S/C22H25F3N4O3.ClH/c23-22(24,25)16-7-4-6-15(14-16)21(30)32-20-18(19(26)27)17(8-9-28-20)31-13-5-12-29-10-2-1-3-11-29;/h4,6-9,14H,1-3,5,10-13H2,(H3,26,27);1H. The molecule has 1 aliphatic rings. The van der Waals surface area contributed by atoms with Crippen LogP contribution in [0.25, 0.3) is 0 Å². The van der Waals surface area contributed by atoms with Crippen molar-refractivity contribution in [3.63, 3.8) is 0 Å². The number of hydrogen-bond acceptors (Lipinski definition) is 6. The Hall–Kier alpha value is -2.85. The van der Waals surface area contributed by atoms with E-state index in [2.05, 4.69) is 9.88 Å². The fourth-order valence-corrected chi connectivity index (χ4v) is 3.49. The van der Waals surface area contributed by atoms with Crippen LogP contribution in [0.1, 0.15) is 47.2 Å². The van der Waals surface area contributed by atoms with Crippen molar-refractivity contribution < 1.29 is 27.4 Å². The lowest BCUT2D eigenvalue weighted by Gasteiger charge is -2.26. The fraction of sp³-hybridized carbons (Fsp3) is 0.409. The third-order valence-electron chi connectivity index (χ3n) is 5.09. The van der Waals surface area contributed by atoms with E-state index in [1.807, 2.05) is 0 Å². The van der Waals surface area contributed by atoms with Crippen LogP contribution < -0.4 is 15.2 Å². The largest absolute Gasteiger partial charge is 0.493 e. The van der Waals surface area contributed by atoms with Gasteiger partial charge in [0.25, 0.3) is 0 Å². The number of rotatable bonds is 8. The average Bonchev–Trinajstić information content (AvgIpc) is 2.77. The van der Waals surface area contributed by atoms with E-state index in [-0.39, 0.29) is 35.2 Å². The molecule has 180 valence electrons. The Bertz CT molecular complexity index is 966. The third-order valence-corrected chi connectivity index (χ3v) is 5.09. The number of hydrogen-bond donors (Lipinski definition) is 2. The Morgan fingerprint density at radius 1 is 1.18 bits per heavy atom. The smallest absolute Gasteiger partial charge is 0.416 e. The molecular weight excluding hydrogens is 461 g/mol. The highest BCUT2D eigenvalue weighted by Gasteiger charge is 2.31. The highest BCUT2D eigenvalue weighted by molar-refractivity contribution is 6.01. The van der Waals surface area contributed by atoms with Gasteiger partial charge in [0.15, 0.2) is 0 Å². The van der Waals surface area contributed by atoms with Crippen molar-refractivity contribution in [2.75, 3.05) is 26.2 Å². The second kappa shape index (κ2) is 11.9. The summed E-state index contributed by atoms with van der Waals surface area (Å²) in [5.41, 5.74) is 4.35. The predicted octanol–water partition coefficient (Wildman–Crippen LogP) is 4.28. The van der Waals surface area contributed by atoms with Gasteiger partial charge in [0, 0.05) is 12.7 Å². The van der Waals surface area contributed by atoms with Gasteiger partial charge in [-0.25, -0.2) is 9.78 Å². The molecule has 0 unspecified atom stereocenters. The quantitative estimate of drug-likeness (QED) is 0.250. The van der Waals surface area contributed by atoms with Crippen LogP contribution in [-0.4, -0.2) is 47.9 Å². The molecule has 0 atom stereocenters. The number of ether oxygens (including phenoxy) is 2. The number of likely N-dealkylation sites (tertiary alicyclic amines) is 1. The summed E-state index contributed by atoms with van der Waals surface area (Å²) in [4.78, 5) is 18.7. The van der Waals surface area contributed by atoms with Gasteiger partial charge in [0.2, 0.25) is 5.88 Å². The molecule has 1 aliphatic heterocycles. The van der Waals surface area contributed by atoms with E-state index in [4.69, 9.17) is 20.6 Å². The van der Waals surface area contributed by atoms with Gasteiger partial charge < -0.3 is 20.1 Å². The number of halogens is 4. The second-order valence-corrected chi connectivity index (χ2v) is 7.48. The summed E-state index contributed by atoms with van der Waals surface area (Å²) in [6.45, 7) is 3.40. The number of carbonyl (C=O) groups is 1. The molecule has 2 heterocycles. The number of nitrogens with two attached hydrogens (primary N) is 1. The van der Waals surface area contributed by atoms with E-state index in [9.17, 15) is 18.0 Å². The number of nitrogens with one attached hydrogen (secondary N) is 1. The number of nitrogens with zero attached hydrogens (tertiary/aromatic N) is 2. The molecule has 1 aromatic carbocycles. The lowest BCUT2D eigenvalue weighted by molar-refractivity contribution is -0.137. The Labute approximate surface area is 196 Å². The maximum absolute atomic E-state index is 12.9. The van der Waals surface area contributed by atoms with Crippen LogP contribution in [0.2, 0.25) is 0 Å². The van der Waals surface area contributed by atoms with Crippen molar-refractivity contribution in [1.29, 1.82) is 5.41 Å². The number of pyridine rings is 1. The van der Waals surface area contributed by atoms with Crippen LogP contribution in [0.15, 0.2) is 36.5 Å². The lowest BCUT2D eigenvalue weighted by Crippen LogP contribution is -2.31. The average molecular weight is 487 g/mol. The zero-order chi connectivity index (χ0) is 23.1. The normalized spacial score (nSPS) is 14.3. The summed E-state index contributed by atoms with van der Waals surface area (Å²) in [5, 5.41) is 7.83. The first-order valence-electron chi connectivity index (χ1n) is 10.3. The van der Waals surface area contributed by atoms with Gasteiger partial charge in [0.05, 0.1) is 17.7 Å². The van der Waals surface area contributed by atoms with E-state index in [0.29, 0.717) is 12.7 Å². The molecule has 11 heteroatoms. The zero-order valence-electron chi connectivity index (χ0n) is 17.9.